The van der Waals surface area contributed by atoms with E-state index in [1.54, 1.807) is 0 Å². The predicted octanol–water partition coefficient (Wildman–Crippen LogP) is 0.354. The number of carbonyl (C=O) groups is 1. The van der Waals surface area contributed by atoms with Gasteiger partial charge in [-0.05, 0) is 12.8 Å². The highest BCUT2D eigenvalue weighted by atomic mass is 16.4. The first-order valence-electron chi connectivity index (χ1n) is 5.95. The molecule has 0 saturated heterocycles. The zero-order chi connectivity index (χ0) is 13.0. The van der Waals surface area contributed by atoms with Crippen LogP contribution in [0.5, 0.6) is 0 Å². The summed E-state index contributed by atoms with van der Waals surface area (Å²) in [6, 6.07) is 2.73. The Labute approximate surface area is 105 Å². The van der Waals surface area contributed by atoms with Crippen LogP contribution in [0.3, 0.4) is 0 Å². The number of carboxylic acid groups (broad SMARTS) is 1. The lowest BCUT2D eigenvalue weighted by molar-refractivity contribution is 0.0690. The Hall–Kier alpha value is -1.94. The fourth-order valence-corrected chi connectivity index (χ4v) is 1.85. The van der Waals surface area contributed by atoms with Gasteiger partial charge in [0.2, 0.25) is 0 Å². The van der Waals surface area contributed by atoms with Gasteiger partial charge in [-0.3, -0.25) is 9.58 Å². The lowest BCUT2D eigenvalue weighted by atomic mass is 10.3. The first-order chi connectivity index (χ1) is 8.70. The molecule has 1 N–H and O–H groups in total. The smallest absolute Gasteiger partial charge is 0.358 e. The number of nitrogens with zero attached hydrogens (tertiary/aromatic N) is 5. The Bertz CT molecular complexity index is 460. The summed E-state index contributed by atoms with van der Waals surface area (Å²) in [6.45, 7) is 2.14. The van der Waals surface area contributed by atoms with Gasteiger partial charge in [0, 0.05) is 25.6 Å². The highest BCUT2D eigenvalue weighted by Gasteiger charge is 2.28. The molecule has 0 amide bonds. The summed E-state index contributed by atoms with van der Waals surface area (Å²) in [5.41, 5.74) is -0.0370. The fraction of sp³-hybridized carbons (Fsp3) is 0.636. The van der Waals surface area contributed by atoms with Crippen LogP contribution >= 0.6 is 0 Å². The maximum Gasteiger partial charge on any atom is 0.358 e. The van der Waals surface area contributed by atoms with Crippen molar-refractivity contribution in [3.63, 3.8) is 0 Å². The normalized spacial score (nSPS) is 14.7. The molecule has 0 aliphatic heterocycles. The molecule has 18 heavy (non-hydrogen) atoms. The van der Waals surface area contributed by atoms with E-state index < -0.39 is 5.97 Å². The van der Waals surface area contributed by atoms with Crippen LogP contribution in [-0.4, -0.2) is 50.1 Å². The van der Waals surface area contributed by atoms with E-state index >= 15 is 0 Å². The number of aromatic carboxylic acids is 1. The Balaban J connectivity index is 1.84. The molecule has 7 heteroatoms. The second-order valence-corrected chi connectivity index (χ2v) is 4.35. The van der Waals surface area contributed by atoms with Crippen LogP contribution in [0.2, 0.25) is 0 Å². The quantitative estimate of drug-likeness (QED) is 0.749. The van der Waals surface area contributed by atoms with Gasteiger partial charge in [-0.15, -0.1) is 5.10 Å². The highest BCUT2D eigenvalue weighted by Crippen LogP contribution is 2.26. The van der Waals surface area contributed by atoms with E-state index in [2.05, 4.69) is 21.3 Å². The maximum atomic E-state index is 10.6. The van der Waals surface area contributed by atoms with Crippen molar-refractivity contribution in [3.8, 4) is 6.07 Å². The van der Waals surface area contributed by atoms with Crippen molar-refractivity contribution < 1.29 is 9.90 Å². The SMILES string of the molecule is N#CCCN(CCn1cc(C(=O)O)nn1)C1CC1. The number of aromatic nitrogens is 3. The average molecular weight is 249 g/mol. The van der Waals surface area contributed by atoms with Crippen LogP contribution in [0.1, 0.15) is 29.8 Å². The van der Waals surface area contributed by atoms with Crippen LogP contribution in [0.15, 0.2) is 6.20 Å². The molecule has 7 nitrogen and oxygen atoms in total. The number of hydrogen-bond donors (Lipinski definition) is 1. The molecule has 1 fully saturated rings. The van der Waals surface area contributed by atoms with Crippen molar-refractivity contribution in [2.75, 3.05) is 13.1 Å². The van der Waals surface area contributed by atoms with E-state index in [9.17, 15) is 4.79 Å². The Kier molecular flexibility index (Phi) is 3.89. The van der Waals surface area contributed by atoms with Gasteiger partial charge in [-0.25, -0.2) is 4.79 Å². The van der Waals surface area contributed by atoms with Gasteiger partial charge in [-0.2, -0.15) is 5.26 Å². The van der Waals surface area contributed by atoms with E-state index in [1.807, 2.05) is 0 Å². The van der Waals surface area contributed by atoms with E-state index in [0.717, 1.165) is 13.1 Å². The lowest BCUT2D eigenvalue weighted by Crippen LogP contribution is -2.30. The Morgan fingerprint density at radius 1 is 1.61 bits per heavy atom. The summed E-state index contributed by atoms with van der Waals surface area (Å²) >= 11 is 0. The number of hydrogen-bond acceptors (Lipinski definition) is 5. The summed E-state index contributed by atoms with van der Waals surface area (Å²) in [5, 5.41) is 24.6. The molecule has 96 valence electrons. The maximum absolute atomic E-state index is 10.6. The minimum atomic E-state index is -1.07. The standard InChI is InChI=1S/C11H15N5O2/c12-4-1-5-15(9-2-3-9)6-7-16-8-10(11(17)18)13-14-16/h8-9H,1-3,5-7H2,(H,17,18). The molecule has 0 atom stereocenters. The summed E-state index contributed by atoms with van der Waals surface area (Å²) in [4.78, 5) is 12.9. The monoisotopic (exact) mass is 249 g/mol. The van der Waals surface area contributed by atoms with E-state index in [1.165, 1.54) is 23.7 Å². The number of carboxylic acids is 1. The first-order valence-corrected chi connectivity index (χ1v) is 5.95. The first kappa shape index (κ1) is 12.5. The Morgan fingerprint density at radius 3 is 2.94 bits per heavy atom. The van der Waals surface area contributed by atoms with Crippen molar-refractivity contribution in [2.24, 2.45) is 0 Å². The van der Waals surface area contributed by atoms with Crippen LogP contribution in [-0.2, 0) is 6.54 Å². The molecule has 0 radical (unpaired) electrons. The topological polar surface area (TPSA) is 95.0 Å². The molecule has 1 saturated carbocycles. The van der Waals surface area contributed by atoms with Gasteiger partial charge >= 0.3 is 5.97 Å². The molecule has 1 heterocycles. The third-order valence-electron chi connectivity index (χ3n) is 2.95. The van der Waals surface area contributed by atoms with Crippen LogP contribution in [0.25, 0.3) is 0 Å². The minimum absolute atomic E-state index is 0.0370. The number of nitriles is 1. The largest absolute Gasteiger partial charge is 0.476 e. The molecular formula is C11H15N5O2. The second kappa shape index (κ2) is 5.60. The van der Waals surface area contributed by atoms with Crippen LogP contribution < -0.4 is 0 Å². The van der Waals surface area contributed by atoms with E-state index in [-0.39, 0.29) is 5.69 Å². The molecule has 2 rings (SSSR count). The molecule has 0 bridgehead atoms. The molecule has 1 aliphatic rings. The van der Waals surface area contributed by atoms with Gasteiger partial charge in [0.1, 0.15) is 0 Å². The third kappa shape index (κ3) is 3.28. The molecular weight excluding hydrogens is 234 g/mol. The second-order valence-electron chi connectivity index (χ2n) is 4.35. The summed E-state index contributed by atoms with van der Waals surface area (Å²) in [6.07, 6.45) is 4.32. The zero-order valence-electron chi connectivity index (χ0n) is 9.99. The lowest BCUT2D eigenvalue weighted by Gasteiger charge is -2.20. The van der Waals surface area contributed by atoms with E-state index in [4.69, 9.17) is 10.4 Å². The van der Waals surface area contributed by atoms with Crippen molar-refractivity contribution in [3.05, 3.63) is 11.9 Å². The molecule has 1 aromatic rings. The van der Waals surface area contributed by atoms with Crippen molar-refractivity contribution in [2.45, 2.75) is 31.8 Å². The predicted molar refractivity (Wildman–Crippen MR) is 61.8 cm³/mol. The zero-order valence-corrected chi connectivity index (χ0v) is 9.99. The number of rotatable bonds is 7. The molecule has 1 aliphatic carbocycles. The Morgan fingerprint density at radius 2 is 2.39 bits per heavy atom. The van der Waals surface area contributed by atoms with Gasteiger partial charge < -0.3 is 5.11 Å². The van der Waals surface area contributed by atoms with Crippen LogP contribution in [0, 0.1) is 11.3 Å². The highest BCUT2D eigenvalue weighted by molar-refractivity contribution is 5.84. The third-order valence-corrected chi connectivity index (χ3v) is 2.95. The van der Waals surface area contributed by atoms with Gasteiger partial charge in [0.15, 0.2) is 5.69 Å². The molecule has 1 aromatic heterocycles. The van der Waals surface area contributed by atoms with Gasteiger partial charge in [-0.1, -0.05) is 5.21 Å². The van der Waals surface area contributed by atoms with E-state index in [0.29, 0.717) is 19.0 Å². The fourth-order valence-electron chi connectivity index (χ4n) is 1.85. The van der Waals surface area contributed by atoms with Gasteiger partial charge in [0.25, 0.3) is 0 Å². The molecule has 0 aromatic carbocycles. The van der Waals surface area contributed by atoms with Crippen LogP contribution in [0.4, 0.5) is 0 Å². The van der Waals surface area contributed by atoms with Crippen molar-refractivity contribution >= 4 is 5.97 Å². The van der Waals surface area contributed by atoms with Crippen molar-refractivity contribution in [1.29, 1.82) is 5.26 Å². The summed E-state index contributed by atoms with van der Waals surface area (Å²) in [7, 11) is 0. The average Bonchev–Trinajstić information content (AvgIpc) is 3.07. The minimum Gasteiger partial charge on any atom is -0.476 e. The van der Waals surface area contributed by atoms with Gasteiger partial charge in [0.05, 0.1) is 18.8 Å². The molecule has 0 spiro atoms. The summed E-state index contributed by atoms with van der Waals surface area (Å²) < 4.78 is 1.53. The van der Waals surface area contributed by atoms with Crippen molar-refractivity contribution in [1.82, 2.24) is 19.9 Å². The molecule has 0 unspecified atom stereocenters. The summed E-state index contributed by atoms with van der Waals surface area (Å²) in [5.74, 6) is -1.07.